The van der Waals surface area contributed by atoms with Gasteiger partial charge in [0.1, 0.15) is 5.82 Å². The second-order valence-corrected chi connectivity index (χ2v) is 4.92. The van der Waals surface area contributed by atoms with Crippen molar-refractivity contribution in [3.63, 3.8) is 0 Å². The Balaban J connectivity index is 2.64. The molecule has 0 saturated carbocycles. The molecule has 1 aromatic carbocycles. The number of aromatic nitrogens is 2. The zero-order valence-electron chi connectivity index (χ0n) is 11.2. The molecule has 1 heterocycles. The van der Waals surface area contributed by atoms with Gasteiger partial charge in [-0.2, -0.15) is 0 Å². The van der Waals surface area contributed by atoms with Crippen LogP contribution < -0.4 is 5.56 Å². The third-order valence-electron chi connectivity index (χ3n) is 3.21. The van der Waals surface area contributed by atoms with Gasteiger partial charge in [-0.1, -0.05) is 32.0 Å². The van der Waals surface area contributed by atoms with E-state index in [9.17, 15) is 4.79 Å². The minimum atomic E-state index is -0.0930. The molecule has 0 atom stereocenters. The standard InChI is InChI=1S/C15H18N2O/c1-9(2)13-8-14(18)17-15(16-13)12-7-5-6-10(3)11(12)4/h5-9H,1-4H3,(H,16,17,18). The average Bonchev–Trinajstić information content (AvgIpc) is 2.31. The van der Waals surface area contributed by atoms with Crippen LogP contribution >= 0.6 is 0 Å². The van der Waals surface area contributed by atoms with Crippen molar-refractivity contribution in [1.82, 2.24) is 9.97 Å². The first-order valence-corrected chi connectivity index (χ1v) is 6.17. The van der Waals surface area contributed by atoms with E-state index in [1.807, 2.05) is 32.9 Å². The number of benzene rings is 1. The Bertz CT molecular complexity index is 627. The van der Waals surface area contributed by atoms with E-state index < -0.39 is 0 Å². The minimum Gasteiger partial charge on any atom is -0.307 e. The number of nitrogens with one attached hydrogen (secondary N) is 1. The SMILES string of the molecule is Cc1cccc(-c2nc(C(C)C)cc(=O)[nH]2)c1C. The molecule has 0 aliphatic rings. The molecule has 0 amide bonds. The topological polar surface area (TPSA) is 45.8 Å². The first-order chi connectivity index (χ1) is 8.49. The highest BCUT2D eigenvalue weighted by Gasteiger charge is 2.09. The van der Waals surface area contributed by atoms with Gasteiger partial charge in [0.2, 0.25) is 0 Å². The lowest BCUT2D eigenvalue weighted by molar-refractivity contribution is 0.812. The Labute approximate surface area is 107 Å². The van der Waals surface area contributed by atoms with Crippen LogP contribution in [0.5, 0.6) is 0 Å². The van der Waals surface area contributed by atoms with Gasteiger partial charge in [-0.05, 0) is 30.9 Å². The highest BCUT2D eigenvalue weighted by Crippen LogP contribution is 2.22. The van der Waals surface area contributed by atoms with Crippen molar-refractivity contribution in [1.29, 1.82) is 0 Å². The van der Waals surface area contributed by atoms with Gasteiger partial charge in [-0.25, -0.2) is 4.98 Å². The van der Waals surface area contributed by atoms with Crippen molar-refractivity contribution in [2.45, 2.75) is 33.6 Å². The van der Waals surface area contributed by atoms with Crippen LogP contribution in [0.15, 0.2) is 29.1 Å². The smallest absolute Gasteiger partial charge is 0.251 e. The van der Waals surface area contributed by atoms with Gasteiger partial charge in [-0.3, -0.25) is 4.79 Å². The number of hydrogen-bond acceptors (Lipinski definition) is 2. The Hall–Kier alpha value is -1.90. The number of H-pyrrole nitrogens is 1. The summed E-state index contributed by atoms with van der Waals surface area (Å²) in [6.07, 6.45) is 0. The lowest BCUT2D eigenvalue weighted by Gasteiger charge is -2.10. The maximum atomic E-state index is 11.7. The molecule has 3 heteroatoms. The van der Waals surface area contributed by atoms with Gasteiger partial charge < -0.3 is 4.98 Å². The molecule has 0 fully saturated rings. The lowest BCUT2D eigenvalue weighted by atomic mass is 10.0. The first-order valence-electron chi connectivity index (χ1n) is 6.17. The molecule has 1 N–H and O–H groups in total. The van der Waals surface area contributed by atoms with E-state index >= 15 is 0 Å². The Morgan fingerprint density at radius 2 is 1.94 bits per heavy atom. The Morgan fingerprint density at radius 1 is 1.22 bits per heavy atom. The maximum Gasteiger partial charge on any atom is 0.251 e. The molecule has 1 aromatic heterocycles. The van der Waals surface area contributed by atoms with Gasteiger partial charge in [-0.15, -0.1) is 0 Å². The highest BCUT2D eigenvalue weighted by molar-refractivity contribution is 5.61. The van der Waals surface area contributed by atoms with E-state index in [1.165, 1.54) is 5.56 Å². The number of hydrogen-bond donors (Lipinski definition) is 1. The summed E-state index contributed by atoms with van der Waals surface area (Å²) in [5.74, 6) is 0.906. The van der Waals surface area contributed by atoms with Crippen molar-refractivity contribution in [3.05, 3.63) is 51.4 Å². The van der Waals surface area contributed by atoms with Crippen molar-refractivity contribution in [2.24, 2.45) is 0 Å². The lowest BCUT2D eigenvalue weighted by Crippen LogP contribution is -2.11. The van der Waals surface area contributed by atoms with E-state index in [0.29, 0.717) is 5.82 Å². The third-order valence-corrected chi connectivity index (χ3v) is 3.21. The summed E-state index contributed by atoms with van der Waals surface area (Å²) in [4.78, 5) is 19.1. The van der Waals surface area contributed by atoms with Crippen LogP contribution in [-0.4, -0.2) is 9.97 Å². The maximum absolute atomic E-state index is 11.7. The fourth-order valence-corrected chi connectivity index (χ4v) is 1.91. The molecule has 94 valence electrons. The summed E-state index contributed by atoms with van der Waals surface area (Å²) in [7, 11) is 0. The molecule has 0 spiro atoms. The minimum absolute atomic E-state index is 0.0930. The largest absolute Gasteiger partial charge is 0.307 e. The normalized spacial score (nSPS) is 10.9. The molecule has 2 rings (SSSR count). The summed E-state index contributed by atoms with van der Waals surface area (Å²) >= 11 is 0. The van der Waals surface area contributed by atoms with Gasteiger partial charge in [0.25, 0.3) is 5.56 Å². The molecule has 0 saturated heterocycles. The molecule has 0 aliphatic carbocycles. The summed E-state index contributed by atoms with van der Waals surface area (Å²) in [6, 6.07) is 7.60. The van der Waals surface area contributed by atoms with Crippen LogP contribution in [-0.2, 0) is 0 Å². The van der Waals surface area contributed by atoms with Gasteiger partial charge in [0.05, 0.1) is 5.69 Å². The summed E-state index contributed by atoms with van der Waals surface area (Å²) in [6.45, 7) is 8.18. The molecular formula is C15H18N2O. The molecule has 2 aromatic rings. The van der Waals surface area contributed by atoms with Crippen LogP contribution in [0.25, 0.3) is 11.4 Å². The second kappa shape index (κ2) is 4.77. The molecule has 18 heavy (non-hydrogen) atoms. The van der Waals surface area contributed by atoms with Crippen LogP contribution in [0, 0.1) is 13.8 Å². The Morgan fingerprint density at radius 3 is 2.61 bits per heavy atom. The number of aromatic amines is 1. The van der Waals surface area contributed by atoms with Crippen LogP contribution in [0.4, 0.5) is 0 Å². The highest BCUT2D eigenvalue weighted by atomic mass is 16.1. The zero-order chi connectivity index (χ0) is 13.3. The molecule has 3 nitrogen and oxygen atoms in total. The fourth-order valence-electron chi connectivity index (χ4n) is 1.91. The van der Waals surface area contributed by atoms with Crippen molar-refractivity contribution in [3.8, 4) is 11.4 Å². The van der Waals surface area contributed by atoms with Crippen LogP contribution in [0.3, 0.4) is 0 Å². The fraction of sp³-hybridized carbons (Fsp3) is 0.333. The predicted octanol–water partition coefficient (Wildman–Crippen LogP) is 3.18. The van der Waals surface area contributed by atoms with Crippen molar-refractivity contribution < 1.29 is 0 Å². The van der Waals surface area contributed by atoms with Gasteiger partial charge in [0.15, 0.2) is 0 Å². The van der Waals surface area contributed by atoms with E-state index in [1.54, 1.807) is 6.07 Å². The third kappa shape index (κ3) is 2.35. The van der Waals surface area contributed by atoms with E-state index in [4.69, 9.17) is 0 Å². The van der Waals surface area contributed by atoms with E-state index in [0.717, 1.165) is 16.8 Å². The monoisotopic (exact) mass is 242 g/mol. The number of rotatable bonds is 2. The molecule has 0 aliphatic heterocycles. The molecule has 0 bridgehead atoms. The van der Waals surface area contributed by atoms with Gasteiger partial charge >= 0.3 is 0 Å². The quantitative estimate of drug-likeness (QED) is 0.879. The first kappa shape index (κ1) is 12.6. The molecular weight excluding hydrogens is 224 g/mol. The average molecular weight is 242 g/mol. The van der Waals surface area contributed by atoms with Crippen molar-refractivity contribution in [2.75, 3.05) is 0 Å². The van der Waals surface area contributed by atoms with Crippen LogP contribution in [0.1, 0.15) is 36.6 Å². The zero-order valence-corrected chi connectivity index (χ0v) is 11.2. The van der Waals surface area contributed by atoms with Crippen molar-refractivity contribution >= 4 is 0 Å². The molecule has 0 radical (unpaired) electrons. The van der Waals surface area contributed by atoms with Gasteiger partial charge in [0, 0.05) is 11.6 Å². The predicted molar refractivity (Wildman–Crippen MR) is 73.9 cm³/mol. The Kier molecular flexibility index (Phi) is 3.32. The number of nitrogens with zero attached hydrogens (tertiary/aromatic N) is 1. The molecule has 0 unspecified atom stereocenters. The summed E-state index contributed by atoms with van der Waals surface area (Å²) in [5.41, 5.74) is 4.08. The summed E-state index contributed by atoms with van der Waals surface area (Å²) in [5, 5.41) is 0. The number of aryl methyl sites for hydroxylation is 1. The summed E-state index contributed by atoms with van der Waals surface area (Å²) < 4.78 is 0. The second-order valence-electron chi connectivity index (χ2n) is 4.92. The van der Waals surface area contributed by atoms with E-state index in [2.05, 4.69) is 23.0 Å². The van der Waals surface area contributed by atoms with E-state index in [-0.39, 0.29) is 11.5 Å². The van der Waals surface area contributed by atoms with Crippen LogP contribution in [0.2, 0.25) is 0 Å².